The highest BCUT2D eigenvalue weighted by Crippen LogP contribution is 2.36. The van der Waals surface area contributed by atoms with Crippen LogP contribution in [0.15, 0.2) is 24.4 Å². The maximum Gasteiger partial charge on any atom is 0.129 e. The van der Waals surface area contributed by atoms with Gasteiger partial charge in [-0.1, -0.05) is 12.1 Å². The van der Waals surface area contributed by atoms with Gasteiger partial charge in [0.1, 0.15) is 11.6 Å². The lowest BCUT2D eigenvalue weighted by atomic mass is 10.0. The minimum absolute atomic E-state index is 0.501. The van der Waals surface area contributed by atoms with Gasteiger partial charge in [0.2, 0.25) is 0 Å². The van der Waals surface area contributed by atoms with E-state index in [2.05, 4.69) is 5.10 Å². The number of aryl methyl sites for hydroxylation is 1. The van der Waals surface area contributed by atoms with Gasteiger partial charge in [-0.05, 0) is 11.6 Å². The lowest BCUT2D eigenvalue weighted by Crippen LogP contribution is -2.00. The van der Waals surface area contributed by atoms with Gasteiger partial charge in [-0.3, -0.25) is 4.68 Å². The molecule has 2 aromatic rings. The molecular formula is C13H17N3O2. The Hall–Kier alpha value is -2.01. The lowest BCUT2D eigenvalue weighted by molar-refractivity contribution is 0.185. The number of hydrogen-bond donors (Lipinski definition) is 1. The van der Waals surface area contributed by atoms with Crippen molar-refractivity contribution in [3.8, 4) is 16.9 Å². The Kier molecular flexibility index (Phi) is 3.53. The summed E-state index contributed by atoms with van der Waals surface area (Å²) in [5, 5.41) is 4.16. The Morgan fingerprint density at radius 3 is 2.67 bits per heavy atom. The molecule has 0 amide bonds. The van der Waals surface area contributed by atoms with Crippen molar-refractivity contribution in [2.24, 2.45) is 7.05 Å². The van der Waals surface area contributed by atoms with Gasteiger partial charge in [0.15, 0.2) is 0 Å². The van der Waals surface area contributed by atoms with Crippen molar-refractivity contribution in [1.29, 1.82) is 0 Å². The molecule has 1 aromatic carbocycles. The van der Waals surface area contributed by atoms with Crippen molar-refractivity contribution >= 4 is 5.82 Å². The molecule has 5 heteroatoms. The second kappa shape index (κ2) is 5.10. The molecule has 0 radical (unpaired) electrons. The number of aromatic nitrogens is 2. The van der Waals surface area contributed by atoms with Gasteiger partial charge in [-0.2, -0.15) is 5.10 Å². The van der Waals surface area contributed by atoms with E-state index in [9.17, 15) is 0 Å². The van der Waals surface area contributed by atoms with E-state index in [1.807, 2.05) is 25.2 Å². The minimum Gasteiger partial charge on any atom is -0.496 e. The summed E-state index contributed by atoms with van der Waals surface area (Å²) in [4.78, 5) is 0. The third kappa shape index (κ3) is 2.04. The summed E-state index contributed by atoms with van der Waals surface area (Å²) in [6.45, 7) is 0.501. The molecule has 0 bridgehead atoms. The van der Waals surface area contributed by atoms with Gasteiger partial charge in [-0.15, -0.1) is 0 Å². The van der Waals surface area contributed by atoms with Crippen LogP contribution in [-0.2, 0) is 18.4 Å². The Morgan fingerprint density at radius 1 is 1.33 bits per heavy atom. The average Bonchev–Trinajstić information content (AvgIpc) is 2.70. The van der Waals surface area contributed by atoms with Gasteiger partial charge in [0.25, 0.3) is 0 Å². The SMILES string of the molecule is COCc1cccc(OC)c1-c1cnn(C)c1N. The molecule has 0 spiro atoms. The predicted octanol–water partition coefficient (Wildman–Crippen LogP) is 1.82. The summed E-state index contributed by atoms with van der Waals surface area (Å²) in [5.74, 6) is 1.38. The zero-order valence-corrected chi connectivity index (χ0v) is 10.8. The number of methoxy groups -OCH3 is 2. The number of rotatable bonds is 4. The molecule has 5 nitrogen and oxygen atoms in total. The molecular weight excluding hydrogens is 230 g/mol. The Morgan fingerprint density at radius 2 is 2.11 bits per heavy atom. The van der Waals surface area contributed by atoms with Crippen LogP contribution in [0.4, 0.5) is 5.82 Å². The third-order valence-electron chi connectivity index (χ3n) is 2.89. The molecule has 18 heavy (non-hydrogen) atoms. The number of benzene rings is 1. The molecule has 0 aliphatic rings. The summed E-state index contributed by atoms with van der Waals surface area (Å²) < 4.78 is 12.3. The molecule has 1 heterocycles. The molecule has 0 aliphatic carbocycles. The molecule has 0 saturated carbocycles. The molecule has 0 saturated heterocycles. The number of ether oxygens (including phenoxy) is 2. The second-order valence-electron chi connectivity index (χ2n) is 3.99. The van der Waals surface area contributed by atoms with E-state index in [1.54, 1.807) is 25.1 Å². The summed E-state index contributed by atoms with van der Waals surface area (Å²) in [6, 6.07) is 5.83. The van der Waals surface area contributed by atoms with Crippen LogP contribution in [0.5, 0.6) is 5.75 Å². The summed E-state index contributed by atoms with van der Waals surface area (Å²) in [7, 11) is 5.11. The largest absolute Gasteiger partial charge is 0.496 e. The molecule has 0 atom stereocenters. The van der Waals surface area contributed by atoms with Crippen LogP contribution in [0.1, 0.15) is 5.56 Å². The highest BCUT2D eigenvalue weighted by Gasteiger charge is 2.16. The van der Waals surface area contributed by atoms with Gasteiger partial charge >= 0.3 is 0 Å². The van der Waals surface area contributed by atoms with Crippen LogP contribution in [0, 0.1) is 0 Å². The smallest absolute Gasteiger partial charge is 0.129 e. The summed E-state index contributed by atoms with van der Waals surface area (Å²) in [5.41, 5.74) is 8.85. The maximum atomic E-state index is 6.03. The number of hydrogen-bond acceptors (Lipinski definition) is 4. The van der Waals surface area contributed by atoms with E-state index >= 15 is 0 Å². The molecule has 1 aromatic heterocycles. The molecule has 2 rings (SSSR count). The van der Waals surface area contributed by atoms with Crippen molar-refractivity contribution in [1.82, 2.24) is 9.78 Å². The maximum absolute atomic E-state index is 6.03. The van der Waals surface area contributed by atoms with E-state index in [4.69, 9.17) is 15.2 Å². The van der Waals surface area contributed by atoms with Crippen molar-refractivity contribution < 1.29 is 9.47 Å². The average molecular weight is 247 g/mol. The van der Waals surface area contributed by atoms with Crippen LogP contribution >= 0.6 is 0 Å². The normalized spacial score (nSPS) is 10.6. The first kappa shape index (κ1) is 12.4. The first-order valence-electron chi connectivity index (χ1n) is 5.61. The fourth-order valence-electron chi connectivity index (χ4n) is 1.97. The van der Waals surface area contributed by atoms with Gasteiger partial charge < -0.3 is 15.2 Å². The van der Waals surface area contributed by atoms with E-state index in [-0.39, 0.29) is 0 Å². The summed E-state index contributed by atoms with van der Waals surface area (Å²) in [6.07, 6.45) is 1.74. The fraction of sp³-hybridized carbons (Fsp3) is 0.308. The topological polar surface area (TPSA) is 62.3 Å². The van der Waals surface area contributed by atoms with Crippen LogP contribution in [0.25, 0.3) is 11.1 Å². The van der Waals surface area contributed by atoms with Crippen LogP contribution < -0.4 is 10.5 Å². The number of nitrogens with zero attached hydrogens (tertiary/aromatic N) is 2. The minimum atomic E-state index is 0.501. The summed E-state index contributed by atoms with van der Waals surface area (Å²) >= 11 is 0. The van der Waals surface area contributed by atoms with Crippen LogP contribution in [-0.4, -0.2) is 24.0 Å². The highest BCUT2D eigenvalue weighted by atomic mass is 16.5. The molecule has 96 valence electrons. The standard InChI is InChI=1S/C13H17N3O2/c1-16-13(14)10(7-15-16)12-9(8-17-2)5-4-6-11(12)18-3/h4-7H,8,14H2,1-3H3. The van der Waals surface area contributed by atoms with Crippen LogP contribution in [0.2, 0.25) is 0 Å². The van der Waals surface area contributed by atoms with Crippen molar-refractivity contribution in [2.45, 2.75) is 6.61 Å². The Balaban J connectivity index is 2.63. The highest BCUT2D eigenvalue weighted by molar-refractivity contribution is 5.80. The molecule has 0 fully saturated rings. The zero-order valence-electron chi connectivity index (χ0n) is 10.8. The predicted molar refractivity (Wildman–Crippen MR) is 70.3 cm³/mol. The molecule has 0 unspecified atom stereocenters. The van der Waals surface area contributed by atoms with Gasteiger partial charge in [0.05, 0.1) is 19.9 Å². The number of nitrogens with two attached hydrogens (primary N) is 1. The first-order valence-corrected chi connectivity index (χ1v) is 5.61. The molecule has 0 aliphatic heterocycles. The number of anilines is 1. The second-order valence-corrected chi connectivity index (χ2v) is 3.99. The monoisotopic (exact) mass is 247 g/mol. The van der Waals surface area contributed by atoms with E-state index in [0.717, 1.165) is 22.4 Å². The van der Waals surface area contributed by atoms with E-state index in [0.29, 0.717) is 12.4 Å². The van der Waals surface area contributed by atoms with Crippen LogP contribution in [0.3, 0.4) is 0 Å². The quantitative estimate of drug-likeness (QED) is 0.895. The molecule has 2 N–H and O–H groups in total. The van der Waals surface area contributed by atoms with Crippen molar-refractivity contribution in [3.63, 3.8) is 0 Å². The first-order chi connectivity index (χ1) is 8.69. The van der Waals surface area contributed by atoms with E-state index in [1.165, 1.54) is 0 Å². The Bertz CT molecular complexity index is 549. The number of nitrogen functional groups attached to an aromatic ring is 1. The van der Waals surface area contributed by atoms with Gasteiger partial charge in [0, 0.05) is 25.3 Å². The zero-order chi connectivity index (χ0) is 13.1. The lowest BCUT2D eigenvalue weighted by Gasteiger charge is -2.13. The third-order valence-corrected chi connectivity index (χ3v) is 2.89. The van der Waals surface area contributed by atoms with E-state index < -0.39 is 0 Å². The fourth-order valence-corrected chi connectivity index (χ4v) is 1.97. The van der Waals surface area contributed by atoms with Crippen molar-refractivity contribution in [2.75, 3.05) is 20.0 Å². The van der Waals surface area contributed by atoms with Gasteiger partial charge in [-0.25, -0.2) is 0 Å². The van der Waals surface area contributed by atoms with Crippen molar-refractivity contribution in [3.05, 3.63) is 30.0 Å². The Labute approximate surface area is 106 Å².